The topological polar surface area (TPSA) is 137 Å². The fraction of sp³-hybridized carbons (Fsp3) is 0.417. The van der Waals surface area contributed by atoms with Crippen LogP contribution in [0.5, 0.6) is 0 Å². The molecule has 0 aromatic heterocycles. The van der Waals surface area contributed by atoms with Crippen LogP contribution in [0.3, 0.4) is 0 Å². The molecule has 1 amide bonds. The molecule has 0 atom stereocenters. The van der Waals surface area contributed by atoms with Crippen LogP contribution in [0.1, 0.15) is 6.42 Å². The molecule has 1 aromatic carbocycles. The Morgan fingerprint density at radius 3 is 2.62 bits per heavy atom. The first-order chi connectivity index (χ1) is 9.84. The number of anilines is 2. The monoisotopic (exact) mass is 316 g/mol. The number of amides is 1. The Labute approximate surface area is 123 Å². The van der Waals surface area contributed by atoms with Crippen molar-refractivity contribution >= 4 is 27.3 Å². The van der Waals surface area contributed by atoms with Crippen LogP contribution in [-0.4, -0.2) is 41.1 Å². The van der Waals surface area contributed by atoms with Crippen LogP contribution in [0.2, 0.25) is 0 Å². The highest BCUT2D eigenvalue weighted by Gasteiger charge is 2.12. The number of benzene rings is 1. The summed E-state index contributed by atoms with van der Waals surface area (Å²) in [5, 5.41) is 10.7. The van der Waals surface area contributed by atoms with E-state index in [1.165, 1.54) is 12.1 Å². The summed E-state index contributed by atoms with van der Waals surface area (Å²) in [5.74, 6) is -0.103. The Kier molecular flexibility index (Phi) is 6.40. The smallest absolute Gasteiger partial charge is 0.240 e. The fourth-order valence-corrected chi connectivity index (χ4v) is 2.26. The molecule has 0 fully saturated rings. The molecule has 0 unspecified atom stereocenters. The van der Waals surface area contributed by atoms with Crippen molar-refractivity contribution in [2.75, 3.05) is 37.9 Å². The molecule has 8 nitrogen and oxygen atoms in total. The first kappa shape index (κ1) is 17.2. The summed E-state index contributed by atoms with van der Waals surface area (Å²) in [5.41, 5.74) is 6.31. The zero-order valence-corrected chi connectivity index (χ0v) is 12.6. The van der Waals surface area contributed by atoms with Crippen LogP contribution in [0.4, 0.5) is 11.4 Å². The molecule has 9 heteroatoms. The second kappa shape index (κ2) is 7.81. The summed E-state index contributed by atoms with van der Waals surface area (Å²) in [6.07, 6.45) is 0.278. The average molecular weight is 316 g/mol. The Morgan fingerprint density at radius 2 is 2.05 bits per heavy atom. The van der Waals surface area contributed by atoms with Crippen molar-refractivity contribution in [3.05, 3.63) is 18.2 Å². The summed E-state index contributed by atoms with van der Waals surface area (Å²) in [4.78, 5) is 11.3. The second-order valence-corrected chi connectivity index (χ2v) is 5.85. The number of nitrogens with one attached hydrogen (secondary N) is 2. The third-order valence-corrected chi connectivity index (χ3v) is 3.61. The third kappa shape index (κ3) is 5.98. The van der Waals surface area contributed by atoms with Crippen LogP contribution in [-0.2, 0) is 19.6 Å². The molecule has 0 saturated heterocycles. The zero-order chi connectivity index (χ0) is 15.9. The predicted molar refractivity (Wildman–Crippen MR) is 80.2 cm³/mol. The summed E-state index contributed by atoms with van der Waals surface area (Å²) >= 11 is 0. The largest absolute Gasteiger partial charge is 0.398 e. The quantitative estimate of drug-likeness (QED) is 0.376. The van der Waals surface area contributed by atoms with Gasteiger partial charge in [-0.1, -0.05) is 0 Å². The van der Waals surface area contributed by atoms with E-state index in [0.717, 1.165) is 0 Å². The van der Waals surface area contributed by atoms with Crippen molar-refractivity contribution in [3.63, 3.8) is 0 Å². The number of sulfonamides is 1. The van der Waals surface area contributed by atoms with E-state index in [1.807, 2.05) is 0 Å². The minimum absolute atomic E-state index is 0.0621. The van der Waals surface area contributed by atoms with Gasteiger partial charge in [-0.2, -0.15) is 0 Å². The summed E-state index contributed by atoms with van der Waals surface area (Å²) < 4.78 is 27.2. The van der Waals surface area contributed by atoms with E-state index in [1.54, 1.807) is 13.2 Å². The van der Waals surface area contributed by atoms with Crippen molar-refractivity contribution in [3.8, 4) is 0 Å². The van der Waals surface area contributed by atoms with Gasteiger partial charge in [0, 0.05) is 32.3 Å². The predicted octanol–water partition coefficient (Wildman–Crippen LogP) is -0.519. The Hall–Kier alpha value is -1.84. The Bertz CT molecular complexity index is 589. The highest BCUT2D eigenvalue weighted by atomic mass is 32.2. The van der Waals surface area contributed by atoms with Gasteiger partial charge in [0.05, 0.1) is 12.3 Å². The molecule has 6 N–H and O–H groups in total. The number of carbonyl (C=O) groups is 1. The minimum Gasteiger partial charge on any atom is -0.398 e. The van der Waals surface area contributed by atoms with Crippen LogP contribution < -0.4 is 21.5 Å². The lowest BCUT2D eigenvalue weighted by atomic mass is 10.2. The zero-order valence-electron chi connectivity index (χ0n) is 11.8. The van der Waals surface area contributed by atoms with Gasteiger partial charge in [0.2, 0.25) is 15.9 Å². The molecule has 21 heavy (non-hydrogen) atoms. The summed E-state index contributed by atoms with van der Waals surface area (Å²) in [6, 6.07) is 4.33. The van der Waals surface area contributed by atoms with Crippen LogP contribution >= 0.6 is 0 Å². The maximum absolute atomic E-state index is 11.4. The van der Waals surface area contributed by atoms with Gasteiger partial charge >= 0.3 is 0 Å². The van der Waals surface area contributed by atoms with E-state index >= 15 is 0 Å². The van der Waals surface area contributed by atoms with Gasteiger partial charge in [0.1, 0.15) is 4.90 Å². The molecule has 118 valence electrons. The van der Waals surface area contributed by atoms with Crippen molar-refractivity contribution in [1.82, 2.24) is 5.32 Å². The van der Waals surface area contributed by atoms with E-state index < -0.39 is 10.0 Å². The van der Waals surface area contributed by atoms with E-state index in [9.17, 15) is 13.2 Å². The molecule has 0 aliphatic carbocycles. The lowest BCUT2D eigenvalue weighted by molar-refractivity contribution is -0.121. The first-order valence-electron chi connectivity index (χ1n) is 6.26. The number of hydrogen-bond donors (Lipinski definition) is 4. The van der Waals surface area contributed by atoms with E-state index in [0.29, 0.717) is 25.4 Å². The number of primary sulfonamides is 1. The SMILES string of the molecule is COCCNC(=O)CCNc1ccc(S(N)(=O)=O)c(N)c1. The number of carbonyl (C=O) groups excluding carboxylic acids is 1. The van der Waals surface area contributed by atoms with Gasteiger partial charge in [-0.05, 0) is 18.2 Å². The Morgan fingerprint density at radius 1 is 1.33 bits per heavy atom. The normalized spacial score (nSPS) is 11.1. The Balaban J connectivity index is 2.47. The summed E-state index contributed by atoms with van der Waals surface area (Å²) in [7, 11) is -2.27. The number of nitrogens with two attached hydrogens (primary N) is 2. The number of hydrogen-bond acceptors (Lipinski definition) is 6. The standard InChI is InChI=1S/C12H20N4O4S/c1-20-7-6-16-12(17)4-5-15-9-2-3-11(10(13)8-9)21(14,18)19/h2-3,8,15H,4-7,13H2,1H3,(H,16,17)(H2,14,18,19). The van der Waals surface area contributed by atoms with Crippen molar-refractivity contribution in [2.45, 2.75) is 11.3 Å². The van der Waals surface area contributed by atoms with Gasteiger partial charge < -0.3 is 21.1 Å². The number of ether oxygens (including phenoxy) is 1. The molecule has 0 spiro atoms. The molecule has 1 rings (SSSR count). The number of methoxy groups -OCH3 is 1. The summed E-state index contributed by atoms with van der Waals surface area (Å²) in [6.45, 7) is 1.32. The maximum Gasteiger partial charge on any atom is 0.240 e. The van der Waals surface area contributed by atoms with Gasteiger partial charge in [-0.15, -0.1) is 0 Å². The molecule has 0 aliphatic rings. The van der Waals surface area contributed by atoms with Gasteiger partial charge in [-0.25, -0.2) is 13.6 Å². The molecule has 0 bridgehead atoms. The first-order valence-corrected chi connectivity index (χ1v) is 7.81. The molecule has 0 radical (unpaired) electrons. The lowest BCUT2D eigenvalue weighted by Gasteiger charge is -2.09. The van der Waals surface area contributed by atoms with Crippen LogP contribution in [0, 0.1) is 0 Å². The van der Waals surface area contributed by atoms with E-state index in [4.69, 9.17) is 15.6 Å². The molecule has 0 saturated carbocycles. The van der Waals surface area contributed by atoms with Crippen LogP contribution in [0.25, 0.3) is 0 Å². The van der Waals surface area contributed by atoms with Crippen molar-refractivity contribution in [2.24, 2.45) is 5.14 Å². The van der Waals surface area contributed by atoms with Crippen molar-refractivity contribution in [1.29, 1.82) is 0 Å². The van der Waals surface area contributed by atoms with Crippen LogP contribution in [0.15, 0.2) is 23.1 Å². The van der Waals surface area contributed by atoms with Crippen molar-refractivity contribution < 1.29 is 17.9 Å². The molecule has 1 aromatic rings. The molecular weight excluding hydrogens is 296 g/mol. The molecule has 0 aliphatic heterocycles. The minimum atomic E-state index is -3.83. The molecule has 0 heterocycles. The maximum atomic E-state index is 11.4. The van der Waals surface area contributed by atoms with Gasteiger partial charge in [0.25, 0.3) is 0 Å². The fourth-order valence-electron chi connectivity index (χ4n) is 1.62. The van der Waals surface area contributed by atoms with E-state index in [2.05, 4.69) is 10.6 Å². The van der Waals surface area contributed by atoms with Gasteiger partial charge in [0.15, 0.2) is 0 Å². The highest BCUT2D eigenvalue weighted by molar-refractivity contribution is 7.89. The average Bonchev–Trinajstić information content (AvgIpc) is 2.37. The third-order valence-electron chi connectivity index (χ3n) is 2.63. The number of nitrogen functional groups attached to an aromatic ring is 1. The van der Waals surface area contributed by atoms with E-state index in [-0.39, 0.29) is 22.9 Å². The van der Waals surface area contributed by atoms with Gasteiger partial charge in [-0.3, -0.25) is 4.79 Å². The number of rotatable bonds is 8. The second-order valence-electron chi connectivity index (χ2n) is 4.32. The lowest BCUT2D eigenvalue weighted by Crippen LogP contribution is -2.28. The molecular formula is C12H20N4O4S. The highest BCUT2D eigenvalue weighted by Crippen LogP contribution is 2.21.